The molecule has 0 fully saturated rings. The number of primary amides is 1. The number of rotatable bonds is 5. The van der Waals surface area contributed by atoms with Crippen LogP contribution < -0.4 is 11.2 Å². The topological polar surface area (TPSA) is 81.4 Å². The van der Waals surface area contributed by atoms with Crippen LogP contribution in [0.15, 0.2) is 0 Å². The van der Waals surface area contributed by atoms with E-state index in [1.54, 1.807) is 13.8 Å². The molecule has 0 atom stereocenters. The molecule has 0 heterocycles. The minimum atomic E-state index is -0.723. The van der Waals surface area contributed by atoms with Crippen molar-refractivity contribution in [3.05, 3.63) is 0 Å². The molecule has 0 aromatic heterocycles. The Morgan fingerprint density at radius 1 is 1.54 bits per heavy atom. The van der Waals surface area contributed by atoms with Gasteiger partial charge in [0.25, 0.3) is 0 Å². The number of carbonyl (C=O) groups excluding carboxylic acids is 2. The minimum Gasteiger partial charge on any atom is -0.368 e. The summed E-state index contributed by atoms with van der Waals surface area (Å²) < 4.78 is 0. The molecule has 76 valence electrons. The summed E-state index contributed by atoms with van der Waals surface area (Å²) in [7, 11) is 0. The summed E-state index contributed by atoms with van der Waals surface area (Å²) in [6.07, 6.45) is 0. The SMILES string of the molecule is CC(C)(CCl)C(=O)NOCC(N)=O. The Bertz CT molecular complexity index is 206. The molecule has 0 bridgehead atoms. The van der Waals surface area contributed by atoms with Crippen molar-refractivity contribution in [3.8, 4) is 0 Å². The largest absolute Gasteiger partial charge is 0.368 e. The average Bonchev–Trinajstić information content (AvgIpc) is 2.03. The third-order valence-electron chi connectivity index (χ3n) is 1.33. The molecule has 6 heteroatoms. The van der Waals surface area contributed by atoms with E-state index in [0.717, 1.165) is 0 Å². The Kier molecular flexibility index (Phi) is 4.72. The quantitative estimate of drug-likeness (QED) is 0.484. The standard InChI is InChI=1S/C7H13ClN2O3/c1-7(2,4-8)6(12)10-13-3-5(9)11/h3-4H2,1-2H3,(H2,9,11)(H,10,12). The third kappa shape index (κ3) is 4.69. The van der Waals surface area contributed by atoms with Gasteiger partial charge in [-0.1, -0.05) is 0 Å². The van der Waals surface area contributed by atoms with Crippen LogP contribution >= 0.6 is 11.6 Å². The van der Waals surface area contributed by atoms with Gasteiger partial charge in [-0.3, -0.25) is 14.4 Å². The van der Waals surface area contributed by atoms with Gasteiger partial charge in [0.15, 0.2) is 6.61 Å². The Balaban J connectivity index is 3.81. The number of hydroxylamine groups is 1. The van der Waals surface area contributed by atoms with Gasteiger partial charge < -0.3 is 5.73 Å². The zero-order valence-corrected chi connectivity index (χ0v) is 8.35. The molecule has 2 amide bonds. The van der Waals surface area contributed by atoms with Crippen molar-refractivity contribution in [1.82, 2.24) is 5.48 Å². The molecule has 13 heavy (non-hydrogen) atoms. The number of carbonyl (C=O) groups is 2. The highest BCUT2D eigenvalue weighted by Crippen LogP contribution is 2.16. The first-order chi connectivity index (χ1) is 5.90. The van der Waals surface area contributed by atoms with E-state index in [1.165, 1.54) is 0 Å². The molecule has 0 radical (unpaired) electrons. The normalized spacial score (nSPS) is 11.0. The van der Waals surface area contributed by atoms with Crippen LogP contribution in [0.5, 0.6) is 0 Å². The van der Waals surface area contributed by atoms with Crippen LogP contribution in [0.1, 0.15) is 13.8 Å². The zero-order chi connectivity index (χ0) is 10.5. The fourth-order valence-electron chi connectivity index (χ4n) is 0.372. The lowest BCUT2D eigenvalue weighted by molar-refractivity contribution is -0.144. The molecule has 5 nitrogen and oxygen atoms in total. The van der Waals surface area contributed by atoms with Gasteiger partial charge in [-0.2, -0.15) is 0 Å². The van der Waals surface area contributed by atoms with Crippen molar-refractivity contribution >= 4 is 23.4 Å². The average molecular weight is 209 g/mol. The van der Waals surface area contributed by atoms with Crippen molar-refractivity contribution in [2.45, 2.75) is 13.8 Å². The molecular formula is C7H13ClN2O3. The molecule has 3 N–H and O–H groups in total. The summed E-state index contributed by atoms with van der Waals surface area (Å²) in [6.45, 7) is 2.97. The molecule has 0 saturated carbocycles. The lowest BCUT2D eigenvalue weighted by atomic mass is 9.96. The maximum atomic E-state index is 11.2. The Labute approximate surface area is 81.5 Å². The summed E-state index contributed by atoms with van der Waals surface area (Å²) in [4.78, 5) is 25.9. The van der Waals surface area contributed by atoms with Crippen molar-refractivity contribution in [2.75, 3.05) is 12.5 Å². The van der Waals surface area contributed by atoms with Gasteiger partial charge in [0.05, 0.1) is 5.41 Å². The number of halogens is 1. The van der Waals surface area contributed by atoms with Crippen molar-refractivity contribution in [3.63, 3.8) is 0 Å². The first-order valence-corrected chi connectivity index (χ1v) is 4.20. The first-order valence-electron chi connectivity index (χ1n) is 3.66. The number of hydrogen-bond donors (Lipinski definition) is 2. The van der Waals surface area contributed by atoms with E-state index >= 15 is 0 Å². The fourth-order valence-corrected chi connectivity index (χ4v) is 0.493. The van der Waals surface area contributed by atoms with Crippen LogP contribution in [0.2, 0.25) is 0 Å². The number of nitrogens with two attached hydrogens (primary N) is 1. The molecule has 0 rings (SSSR count). The second kappa shape index (κ2) is 5.04. The van der Waals surface area contributed by atoms with E-state index in [0.29, 0.717) is 0 Å². The van der Waals surface area contributed by atoms with Crippen molar-refractivity contribution < 1.29 is 14.4 Å². The van der Waals surface area contributed by atoms with Crippen LogP contribution in [-0.4, -0.2) is 24.3 Å². The summed E-state index contributed by atoms with van der Waals surface area (Å²) in [5.41, 5.74) is 6.14. The smallest absolute Gasteiger partial charge is 0.250 e. The van der Waals surface area contributed by atoms with E-state index in [9.17, 15) is 9.59 Å². The van der Waals surface area contributed by atoms with Crippen LogP contribution in [0, 0.1) is 5.41 Å². The number of nitrogens with one attached hydrogen (secondary N) is 1. The van der Waals surface area contributed by atoms with E-state index in [1.807, 2.05) is 0 Å². The molecular weight excluding hydrogens is 196 g/mol. The molecule has 0 aromatic carbocycles. The van der Waals surface area contributed by atoms with Crippen molar-refractivity contribution in [2.24, 2.45) is 11.1 Å². The number of hydrogen-bond acceptors (Lipinski definition) is 3. The molecule has 0 spiro atoms. The Morgan fingerprint density at radius 3 is 2.46 bits per heavy atom. The summed E-state index contributed by atoms with van der Waals surface area (Å²) in [5, 5.41) is 0. The van der Waals surface area contributed by atoms with E-state index in [4.69, 9.17) is 17.3 Å². The summed E-state index contributed by atoms with van der Waals surface area (Å²) in [6, 6.07) is 0. The maximum Gasteiger partial charge on any atom is 0.250 e. The molecule has 0 saturated heterocycles. The molecule has 0 aliphatic heterocycles. The third-order valence-corrected chi connectivity index (χ3v) is 2.00. The predicted octanol–water partition coefficient (Wildman–Crippen LogP) is -0.215. The monoisotopic (exact) mass is 208 g/mol. The van der Waals surface area contributed by atoms with E-state index < -0.39 is 11.3 Å². The first kappa shape index (κ1) is 12.2. The highest BCUT2D eigenvalue weighted by Gasteiger charge is 2.26. The number of alkyl halides is 1. The Morgan fingerprint density at radius 2 is 2.08 bits per heavy atom. The second-order valence-corrected chi connectivity index (χ2v) is 3.47. The second-order valence-electron chi connectivity index (χ2n) is 3.20. The van der Waals surface area contributed by atoms with Crippen LogP contribution in [0.3, 0.4) is 0 Å². The van der Waals surface area contributed by atoms with Gasteiger partial charge in [0.2, 0.25) is 11.8 Å². The highest BCUT2D eigenvalue weighted by molar-refractivity contribution is 6.19. The van der Waals surface area contributed by atoms with Crippen molar-refractivity contribution in [1.29, 1.82) is 0 Å². The molecule has 0 aliphatic carbocycles. The van der Waals surface area contributed by atoms with Crippen LogP contribution in [-0.2, 0) is 14.4 Å². The van der Waals surface area contributed by atoms with Crippen LogP contribution in [0.4, 0.5) is 0 Å². The lowest BCUT2D eigenvalue weighted by Gasteiger charge is -2.19. The number of amides is 2. The molecule has 0 aliphatic rings. The summed E-state index contributed by atoms with van der Waals surface area (Å²) in [5.74, 6) is -0.869. The fraction of sp³-hybridized carbons (Fsp3) is 0.714. The van der Waals surface area contributed by atoms with Gasteiger partial charge >= 0.3 is 0 Å². The van der Waals surface area contributed by atoms with Gasteiger partial charge in [-0.05, 0) is 13.8 Å². The highest BCUT2D eigenvalue weighted by atomic mass is 35.5. The van der Waals surface area contributed by atoms with E-state index in [-0.39, 0.29) is 18.4 Å². The van der Waals surface area contributed by atoms with Gasteiger partial charge in [0, 0.05) is 5.88 Å². The van der Waals surface area contributed by atoms with Gasteiger partial charge in [-0.25, -0.2) is 5.48 Å². The molecule has 0 aromatic rings. The maximum absolute atomic E-state index is 11.2. The predicted molar refractivity (Wildman–Crippen MR) is 47.8 cm³/mol. The Hall–Kier alpha value is -0.810. The van der Waals surface area contributed by atoms with E-state index in [2.05, 4.69) is 10.3 Å². The minimum absolute atomic E-state index is 0.165. The lowest BCUT2D eigenvalue weighted by Crippen LogP contribution is -2.39. The van der Waals surface area contributed by atoms with Gasteiger partial charge in [-0.15, -0.1) is 11.6 Å². The van der Waals surface area contributed by atoms with Crippen LogP contribution in [0.25, 0.3) is 0 Å². The summed E-state index contributed by atoms with van der Waals surface area (Å²) >= 11 is 5.52. The zero-order valence-electron chi connectivity index (χ0n) is 7.59. The van der Waals surface area contributed by atoms with Gasteiger partial charge in [0.1, 0.15) is 0 Å². The molecule has 0 unspecified atom stereocenters.